The Labute approximate surface area is 266 Å². The Bertz CT molecular complexity index is 1490. The highest BCUT2D eigenvalue weighted by Gasteiger charge is 2.54. The summed E-state index contributed by atoms with van der Waals surface area (Å²) in [5.74, 6) is 1.69. The van der Waals surface area contributed by atoms with Crippen molar-refractivity contribution < 1.29 is 0 Å². The van der Waals surface area contributed by atoms with E-state index in [1.807, 2.05) is 0 Å². The number of benzene rings is 3. The number of hydrogen-bond acceptors (Lipinski definition) is 0. The summed E-state index contributed by atoms with van der Waals surface area (Å²) in [6.07, 6.45) is 0. The van der Waals surface area contributed by atoms with Crippen molar-refractivity contribution in [3.63, 3.8) is 0 Å². The fraction of sp³-hybridized carbons (Fsp3) is 0.436. The van der Waals surface area contributed by atoms with E-state index in [4.69, 9.17) is 23.2 Å². The van der Waals surface area contributed by atoms with E-state index in [1.165, 1.54) is 60.8 Å². The molecule has 0 heterocycles. The van der Waals surface area contributed by atoms with Crippen LogP contribution in [0.2, 0.25) is 6.55 Å². The SMILES string of the molecule is CC1=C(Cl)c2c(C(C)C)cc(C(C)C)cc2C1[Si](C)(c1ccccc1)C1C(C)=C(Cl)c2c(C(C)C)cc(C(C)C)cc21. The van der Waals surface area contributed by atoms with Gasteiger partial charge in [0.15, 0.2) is 0 Å². The first-order valence-corrected chi connectivity index (χ1v) is 19.3. The zero-order chi connectivity index (χ0) is 30.8. The summed E-state index contributed by atoms with van der Waals surface area (Å²) in [4.78, 5) is 0. The van der Waals surface area contributed by atoms with Gasteiger partial charge in [-0.3, -0.25) is 0 Å². The Morgan fingerprint density at radius 1 is 0.571 bits per heavy atom. The van der Waals surface area contributed by atoms with E-state index in [0.717, 1.165) is 10.1 Å². The minimum Gasteiger partial charge on any atom is -0.0837 e. The summed E-state index contributed by atoms with van der Waals surface area (Å²) in [5.41, 5.74) is 14.2. The summed E-state index contributed by atoms with van der Waals surface area (Å²) >= 11 is 14.9. The predicted molar refractivity (Wildman–Crippen MR) is 189 cm³/mol. The highest BCUT2D eigenvalue weighted by molar-refractivity contribution is 6.94. The third-order valence-electron chi connectivity index (χ3n) is 10.2. The van der Waals surface area contributed by atoms with E-state index in [1.54, 1.807) is 0 Å². The minimum atomic E-state index is -2.49. The summed E-state index contributed by atoms with van der Waals surface area (Å²) in [6.45, 7) is 25.7. The lowest BCUT2D eigenvalue weighted by Crippen LogP contribution is -2.56. The quantitative estimate of drug-likeness (QED) is 0.232. The second-order valence-electron chi connectivity index (χ2n) is 14.3. The molecule has 2 aliphatic rings. The Morgan fingerprint density at radius 3 is 1.29 bits per heavy atom. The highest BCUT2D eigenvalue weighted by Crippen LogP contribution is 2.58. The molecule has 2 unspecified atom stereocenters. The van der Waals surface area contributed by atoms with Crippen molar-refractivity contribution >= 4 is 46.5 Å². The standard InChI is InChI=1S/C39H48Cl2Si/c1-21(2)27-17-30(23(5)6)34-32(19-27)38(25(9)36(34)40)42(11,29-15-13-12-14-16-29)39-26(10)37(41)35-31(24(7)8)18-28(22(3)4)20-33(35)39/h12-24,38-39H,1-11H3. The van der Waals surface area contributed by atoms with Crippen LogP contribution in [0.4, 0.5) is 0 Å². The number of hydrogen-bond donors (Lipinski definition) is 0. The van der Waals surface area contributed by atoms with Gasteiger partial charge >= 0.3 is 0 Å². The van der Waals surface area contributed by atoms with Gasteiger partial charge in [-0.15, -0.1) is 0 Å². The molecule has 0 amide bonds. The molecule has 2 aliphatic carbocycles. The molecule has 5 rings (SSSR count). The van der Waals surface area contributed by atoms with Crippen LogP contribution in [0.5, 0.6) is 0 Å². The Balaban J connectivity index is 1.89. The fourth-order valence-electron chi connectivity index (χ4n) is 7.92. The van der Waals surface area contributed by atoms with E-state index < -0.39 is 8.07 Å². The second kappa shape index (κ2) is 11.5. The van der Waals surface area contributed by atoms with Crippen molar-refractivity contribution in [2.45, 2.75) is 111 Å². The van der Waals surface area contributed by atoms with Gasteiger partial charge < -0.3 is 0 Å². The monoisotopic (exact) mass is 614 g/mol. The van der Waals surface area contributed by atoms with Crippen molar-refractivity contribution in [2.75, 3.05) is 0 Å². The molecular formula is C39H48Cl2Si. The van der Waals surface area contributed by atoms with Gasteiger partial charge in [0.2, 0.25) is 0 Å². The van der Waals surface area contributed by atoms with E-state index >= 15 is 0 Å². The van der Waals surface area contributed by atoms with Gasteiger partial charge in [0.1, 0.15) is 8.07 Å². The molecule has 0 nitrogen and oxygen atoms in total. The number of rotatable bonds is 7. The lowest BCUT2D eigenvalue weighted by atomic mass is 9.89. The third kappa shape index (κ3) is 4.79. The van der Waals surface area contributed by atoms with Crippen molar-refractivity contribution in [1.82, 2.24) is 0 Å². The van der Waals surface area contributed by atoms with Crippen molar-refractivity contribution in [3.05, 3.63) is 110 Å². The van der Waals surface area contributed by atoms with Crippen LogP contribution in [-0.2, 0) is 0 Å². The largest absolute Gasteiger partial charge is 0.107 e. The van der Waals surface area contributed by atoms with Gasteiger partial charge in [-0.1, -0.05) is 145 Å². The molecule has 0 aliphatic heterocycles. The van der Waals surface area contributed by atoms with Gasteiger partial charge in [0.25, 0.3) is 0 Å². The topological polar surface area (TPSA) is 0 Å². The molecule has 3 aromatic rings. The summed E-state index contributed by atoms with van der Waals surface area (Å²) in [7, 11) is -2.49. The van der Waals surface area contributed by atoms with E-state index in [9.17, 15) is 0 Å². The predicted octanol–water partition coefficient (Wildman–Crippen LogP) is 12.1. The Kier molecular flexibility index (Phi) is 8.56. The zero-order valence-corrected chi connectivity index (χ0v) is 29.9. The van der Waals surface area contributed by atoms with Crippen LogP contribution in [0.15, 0.2) is 65.7 Å². The van der Waals surface area contributed by atoms with Gasteiger partial charge in [0, 0.05) is 32.3 Å². The van der Waals surface area contributed by atoms with Crippen molar-refractivity contribution in [3.8, 4) is 0 Å². The van der Waals surface area contributed by atoms with Crippen LogP contribution in [0.1, 0.15) is 148 Å². The van der Waals surface area contributed by atoms with Gasteiger partial charge in [-0.2, -0.15) is 0 Å². The molecular weight excluding hydrogens is 567 g/mol. The molecule has 2 atom stereocenters. The lowest BCUT2D eigenvalue weighted by molar-refractivity contribution is 0.822. The fourth-order valence-corrected chi connectivity index (χ4v) is 14.5. The molecule has 0 fully saturated rings. The first kappa shape index (κ1) is 31.4. The summed E-state index contributed by atoms with van der Waals surface area (Å²) in [6, 6.07) is 21.2. The van der Waals surface area contributed by atoms with Crippen LogP contribution < -0.4 is 5.19 Å². The molecule has 0 saturated heterocycles. The molecule has 0 saturated carbocycles. The van der Waals surface area contributed by atoms with E-state index in [-0.39, 0.29) is 11.1 Å². The van der Waals surface area contributed by atoms with Crippen molar-refractivity contribution in [2.24, 2.45) is 0 Å². The number of fused-ring (bicyclic) bond motifs is 2. The Hall–Kier alpha value is -2.06. The first-order chi connectivity index (χ1) is 19.7. The van der Waals surface area contributed by atoms with Crippen molar-refractivity contribution in [1.29, 1.82) is 0 Å². The second-order valence-corrected chi connectivity index (χ2v) is 19.3. The van der Waals surface area contributed by atoms with Crippen LogP contribution in [0.3, 0.4) is 0 Å². The molecule has 0 bridgehead atoms. The average Bonchev–Trinajstić information content (AvgIpc) is 3.36. The summed E-state index contributed by atoms with van der Waals surface area (Å²) in [5, 5.41) is 3.40. The molecule has 0 radical (unpaired) electrons. The molecule has 222 valence electrons. The molecule has 0 spiro atoms. The normalized spacial score (nSPS) is 19.9. The molecule has 0 aromatic heterocycles. The van der Waals surface area contributed by atoms with Gasteiger partial charge in [0.05, 0.1) is 0 Å². The van der Waals surface area contributed by atoms with Crippen LogP contribution in [-0.4, -0.2) is 8.07 Å². The van der Waals surface area contributed by atoms with Crippen LogP contribution in [0, 0.1) is 0 Å². The third-order valence-corrected chi connectivity index (χ3v) is 16.7. The zero-order valence-electron chi connectivity index (χ0n) is 27.4. The lowest BCUT2D eigenvalue weighted by Gasteiger charge is -2.42. The van der Waals surface area contributed by atoms with Crippen LogP contribution in [0.25, 0.3) is 10.1 Å². The average molecular weight is 616 g/mol. The van der Waals surface area contributed by atoms with Gasteiger partial charge in [-0.05, 0) is 82.0 Å². The molecule has 3 heteroatoms. The highest BCUT2D eigenvalue weighted by atomic mass is 35.5. The van der Waals surface area contributed by atoms with Gasteiger partial charge in [-0.25, -0.2) is 0 Å². The summed E-state index contributed by atoms with van der Waals surface area (Å²) < 4.78 is 0. The minimum absolute atomic E-state index is 0.249. The number of halogens is 2. The first-order valence-electron chi connectivity index (χ1n) is 15.9. The number of allylic oxidation sites excluding steroid dienone is 2. The molecule has 0 N–H and O–H groups in total. The maximum Gasteiger partial charge on any atom is 0.107 e. The maximum atomic E-state index is 7.43. The molecule has 42 heavy (non-hydrogen) atoms. The Morgan fingerprint density at radius 2 is 0.952 bits per heavy atom. The van der Waals surface area contributed by atoms with E-state index in [0.29, 0.717) is 23.7 Å². The maximum absolute atomic E-state index is 7.43. The molecule has 3 aromatic carbocycles. The smallest absolute Gasteiger partial charge is 0.0837 e. The van der Waals surface area contributed by atoms with Crippen LogP contribution >= 0.6 is 23.2 Å². The van der Waals surface area contributed by atoms with E-state index in [2.05, 4.69) is 130 Å².